The van der Waals surface area contributed by atoms with Crippen molar-refractivity contribution in [2.24, 2.45) is 5.92 Å². The van der Waals surface area contributed by atoms with Crippen LogP contribution in [-0.2, 0) is 22.6 Å². The summed E-state index contributed by atoms with van der Waals surface area (Å²) in [7, 11) is 1.57. The fourth-order valence-electron chi connectivity index (χ4n) is 4.39. The molecule has 172 valence electrons. The molecule has 0 spiro atoms. The van der Waals surface area contributed by atoms with Crippen molar-refractivity contribution >= 4 is 28.3 Å². The summed E-state index contributed by atoms with van der Waals surface area (Å²) in [6.45, 7) is 4.02. The van der Waals surface area contributed by atoms with E-state index in [1.165, 1.54) is 6.07 Å². The van der Waals surface area contributed by atoms with E-state index in [0.29, 0.717) is 35.8 Å². The third-order valence-corrected chi connectivity index (χ3v) is 6.54. The first kappa shape index (κ1) is 22.8. The maximum Gasteiger partial charge on any atom is 0.249 e. The highest BCUT2D eigenvalue weighted by Gasteiger charge is 2.33. The topological polar surface area (TPSA) is 58.6 Å². The first-order valence-electron chi connectivity index (χ1n) is 11.4. The fourth-order valence-corrected chi connectivity index (χ4v) is 4.39. The Morgan fingerprint density at radius 1 is 1.15 bits per heavy atom. The van der Waals surface area contributed by atoms with Crippen molar-refractivity contribution < 1.29 is 18.7 Å². The van der Waals surface area contributed by atoms with Gasteiger partial charge in [0.1, 0.15) is 17.6 Å². The van der Waals surface area contributed by atoms with Gasteiger partial charge in [-0.05, 0) is 54.5 Å². The third-order valence-electron chi connectivity index (χ3n) is 6.54. The molecule has 1 aliphatic rings. The van der Waals surface area contributed by atoms with Crippen LogP contribution in [0, 0.1) is 11.7 Å². The summed E-state index contributed by atoms with van der Waals surface area (Å²) in [4.78, 5) is 28.1. The number of aryl methyl sites for hydroxylation is 1. The average Bonchev–Trinajstić information content (AvgIpc) is 2.96. The van der Waals surface area contributed by atoms with Crippen molar-refractivity contribution in [1.82, 2.24) is 5.32 Å². The van der Waals surface area contributed by atoms with Crippen molar-refractivity contribution in [1.29, 1.82) is 0 Å². The highest BCUT2D eigenvalue weighted by Crippen LogP contribution is 2.34. The van der Waals surface area contributed by atoms with Gasteiger partial charge >= 0.3 is 0 Å². The van der Waals surface area contributed by atoms with Crippen LogP contribution in [0.2, 0.25) is 0 Å². The van der Waals surface area contributed by atoms with Crippen LogP contribution in [0.25, 0.3) is 10.8 Å². The lowest BCUT2D eigenvalue weighted by molar-refractivity contribution is -0.129. The summed E-state index contributed by atoms with van der Waals surface area (Å²) in [5.74, 6) is -0.197. The number of carbonyl (C=O) groups is 2. The second-order valence-corrected chi connectivity index (χ2v) is 8.54. The number of para-hydroxylation sites is 1. The molecule has 0 aromatic heterocycles. The zero-order valence-electron chi connectivity index (χ0n) is 19.2. The minimum Gasteiger partial charge on any atom is -0.496 e. The number of rotatable bonds is 6. The minimum atomic E-state index is -0.628. The molecule has 5 nitrogen and oxygen atoms in total. The second-order valence-electron chi connectivity index (χ2n) is 8.54. The van der Waals surface area contributed by atoms with E-state index >= 15 is 0 Å². The number of benzene rings is 3. The standard InChI is InChI=1S/C27H29FN2O3/c1-4-17(2)26(31)29-23-14-12-18-8-5-6-11-24(18)30(27(23)32)16-21-19-9-7-10-22(28)20(19)13-15-25(21)33-3/h5-11,13,15,17,23H,4,12,14,16H2,1-3H3,(H,29,31)/t17-,23+/m1/s1. The molecular formula is C27H29FN2O3. The Labute approximate surface area is 193 Å². The lowest BCUT2D eigenvalue weighted by Gasteiger charge is -2.28. The van der Waals surface area contributed by atoms with Gasteiger partial charge in [0.05, 0.1) is 13.7 Å². The molecule has 6 heteroatoms. The lowest BCUT2D eigenvalue weighted by atomic mass is 10.0. The highest BCUT2D eigenvalue weighted by molar-refractivity contribution is 6.01. The Bertz CT molecular complexity index is 1190. The first-order valence-corrected chi connectivity index (χ1v) is 11.4. The quantitative estimate of drug-likeness (QED) is 0.578. The van der Waals surface area contributed by atoms with E-state index in [1.807, 2.05) is 44.2 Å². The van der Waals surface area contributed by atoms with E-state index in [1.54, 1.807) is 30.2 Å². The maximum atomic E-state index is 14.5. The second kappa shape index (κ2) is 9.61. The van der Waals surface area contributed by atoms with Gasteiger partial charge in [0.15, 0.2) is 0 Å². The lowest BCUT2D eigenvalue weighted by Crippen LogP contribution is -2.49. The Morgan fingerprint density at radius 3 is 2.70 bits per heavy atom. The Hall–Kier alpha value is -3.41. The SMILES string of the molecule is CC[C@@H](C)C(=O)N[C@H]1CCc2ccccc2N(Cc2c(OC)ccc3c(F)cccc23)C1=O. The summed E-state index contributed by atoms with van der Waals surface area (Å²) in [6, 6.07) is 15.5. The predicted molar refractivity (Wildman–Crippen MR) is 128 cm³/mol. The minimum absolute atomic E-state index is 0.119. The monoisotopic (exact) mass is 448 g/mol. The van der Waals surface area contributed by atoms with Gasteiger partial charge in [-0.1, -0.05) is 44.2 Å². The van der Waals surface area contributed by atoms with Gasteiger partial charge in [-0.2, -0.15) is 0 Å². The molecule has 0 saturated heterocycles. The van der Waals surface area contributed by atoms with Crippen LogP contribution in [0.15, 0.2) is 54.6 Å². The summed E-state index contributed by atoms with van der Waals surface area (Å²) in [6.07, 6.45) is 1.90. The van der Waals surface area contributed by atoms with E-state index in [-0.39, 0.29) is 30.1 Å². The molecule has 33 heavy (non-hydrogen) atoms. The Kier molecular flexibility index (Phi) is 6.63. The molecule has 3 aromatic carbocycles. The number of ether oxygens (including phenoxy) is 1. The number of amides is 2. The number of fused-ring (bicyclic) bond motifs is 2. The van der Waals surface area contributed by atoms with Crippen LogP contribution in [0.4, 0.5) is 10.1 Å². The molecule has 0 radical (unpaired) electrons. The van der Waals surface area contributed by atoms with Crippen LogP contribution in [0.3, 0.4) is 0 Å². The molecule has 1 heterocycles. The van der Waals surface area contributed by atoms with Crippen LogP contribution in [0.5, 0.6) is 5.75 Å². The average molecular weight is 449 g/mol. The number of carbonyl (C=O) groups excluding carboxylic acids is 2. The first-order chi connectivity index (χ1) is 15.9. The largest absolute Gasteiger partial charge is 0.496 e. The smallest absolute Gasteiger partial charge is 0.249 e. The van der Waals surface area contributed by atoms with Crippen LogP contribution < -0.4 is 15.0 Å². The van der Waals surface area contributed by atoms with E-state index in [0.717, 1.165) is 16.8 Å². The zero-order chi connectivity index (χ0) is 23.5. The molecule has 0 fully saturated rings. The molecule has 1 N–H and O–H groups in total. The van der Waals surface area contributed by atoms with Crippen LogP contribution >= 0.6 is 0 Å². The molecule has 2 amide bonds. The molecule has 0 unspecified atom stereocenters. The van der Waals surface area contributed by atoms with Gasteiger partial charge in [0, 0.05) is 22.6 Å². The predicted octanol–water partition coefficient (Wildman–Crippen LogP) is 5.00. The normalized spacial score (nSPS) is 16.8. The van der Waals surface area contributed by atoms with Gasteiger partial charge in [0.25, 0.3) is 0 Å². The van der Waals surface area contributed by atoms with E-state index < -0.39 is 6.04 Å². The molecule has 0 bridgehead atoms. The summed E-state index contributed by atoms with van der Waals surface area (Å²) in [5.41, 5.74) is 2.57. The number of nitrogens with one attached hydrogen (secondary N) is 1. The van der Waals surface area contributed by atoms with Crippen molar-refractivity contribution in [3.63, 3.8) is 0 Å². The zero-order valence-corrected chi connectivity index (χ0v) is 19.2. The number of halogens is 1. The van der Waals surface area contributed by atoms with Crippen molar-refractivity contribution in [2.45, 2.75) is 45.7 Å². The van der Waals surface area contributed by atoms with Crippen molar-refractivity contribution in [2.75, 3.05) is 12.0 Å². The molecule has 3 aromatic rings. The molecule has 1 aliphatic heterocycles. The Morgan fingerprint density at radius 2 is 1.94 bits per heavy atom. The molecule has 0 aliphatic carbocycles. The molecule has 2 atom stereocenters. The fraction of sp³-hybridized carbons (Fsp3) is 0.333. The van der Waals surface area contributed by atoms with E-state index in [2.05, 4.69) is 5.32 Å². The number of nitrogens with zero attached hydrogens (tertiary/aromatic N) is 1. The summed E-state index contributed by atoms with van der Waals surface area (Å²) >= 11 is 0. The van der Waals surface area contributed by atoms with Gasteiger partial charge in [-0.15, -0.1) is 0 Å². The van der Waals surface area contributed by atoms with Gasteiger partial charge in [-0.3, -0.25) is 9.59 Å². The Balaban J connectivity index is 1.78. The number of hydrogen-bond acceptors (Lipinski definition) is 3. The summed E-state index contributed by atoms with van der Waals surface area (Å²) < 4.78 is 20.1. The van der Waals surface area contributed by atoms with Crippen LogP contribution in [-0.4, -0.2) is 25.0 Å². The molecular weight excluding hydrogens is 419 g/mol. The third kappa shape index (κ3) is 4.42. The van der Waals surface area contributed by atoms with Gasteiger partial charge in [0.2, 0.25) is 11.8 Å². The van der Waals surface area contributed by atoms with Gasteiger partial charge in [-0.25, -0.2) is 4.39 Å². The highest BCUT2D eigenvalue weighted by atomic mass is 19.1. The maximum absolute atomic E-state index is 14.5. The number of anilines is 1. The van der Waals surface area contributed by atoms with Gasteiger partial charge < -0.3 is 15.0 Å². The summed E-state index contributed by atoms with van der Waals surface area (Å²) in [5, 5.41) is 4.14. The van der Waals surface area contributed by atoms with E-state index in [4.69, 9.17) is 4.74 Å². The van der Waals surface area contributed by atoms with Crippen LogP contribution in [0.1, 0.15) is 37.8 Å². The number of hydrogen-bond donors (Lipinski definition) is 1. The van der Waals surface area contributed by atoms with E-state index in [9.17, 15) is 14.0 Å². The molecule has 0 saturated carbocycles. The van der Waals surface area contributed by atoms with Crippen molar-refractivity contribution in [3.05, 3.63) is 71.5 Å². The molecule has 4 rings (SSSR count). The number of methoxy groups -OCH3 is 1. The van der Waals surface area contributed by atoms with Crippen molar-refractivity contribution in [3.8, 4) is 5.75 Å².